The molecule has 8 saturated carbocycles. The number of Topliss-reactive ketones (excluding diaryl/α,β-unsaturated/α-hetero) is 4. The van der Waals surface area contributed by atoms with E-state index >= 15 is 0 Å². The van der Waals surface area contributed by atoms with E-state index < -0.39 is 68.5 Å². The Morgan fingerprint density at radius 2 is 0.738 bits per heavy atom. The first kappa shape index (κ1) is 71.8. The standard InChI is InChI=1S/4C20H23NO4.3K.H/c4*22-13-4-3-12-9-15-20(24)6-5-14(23)18-19(20,16(12)17(13)25-18)7-8-21(15)10-11-1-2-11;;;;/h4*3-4,11,15,18,22,24H,1-2,5-10H2;;;;/q;;;;;;+1;-1. The van der Waals surface area contributed by atoms with Crippen molar-refractivity contribution in [2.24, 2.45) is 23.7 Å². The summed E-state index contributed by atoms with van der Waals surface area (Å²) in [5.74, 6) is 5.22. The third kappa shape index (κ3) is 9.87. The van der Waals surface area contributed by atoms with Crippen LogP contribution in [-0.4, -0.2) is 260 Å². The number of ketones is 4. The monoisotopic (exact) mass is 1480 g/mol. The number of aromatic hydroxyl groups is 3. The van der Waals surface area contributed by atoms with Crippen LogP contribution in [0, 0.1) is 23.7 Å². The minimum absolute atomic E-state index is 0. The van der Waals surface area contributed by atoms with Crippen molar-refractivity contribution < 1.29 is 137 Å². The first-order chi connectivity index (χ1) is 49.2. The number of phenols is 3. The number of phenolic OH excluding ortho intramolecular Hbond substituents is 3. The van der Waals surface area contributed by atoms with Crippen molar-refractivity contribution in [2.45, 2.75) is 247 Å². The van der Waals surface area contributed by atoms with Gasteiger partial charge in [0.05, 0.1) is 51.6 Å². The van der Waals surface area contributed by atoms with Gasteiger partial charge in [-0.3, -0.25) is 33.9 Å². The molecule has 0 amide bonds. The Kier molecular flexibility index (Phi) is 17.6. The van der Waals surface area contributed by atoms with Gasteiger partial charge in [-0.25, -0.2) is 0 Å². The molecule has 4 spiro atoms. The van der Waals surface area contributed by atoms with Crippen LogP contribution < -0.4 is 80.3 Å². The van der Waals surface area contributed by atoms with E-state index in [0.29, 0.717) is 80.8 Å². The summed E-state index contributed by atoms with van der Waals surface area (Å²) in [6, 6.07) is 14.7. The molecule has 103 heavy (non-hydrogen) atoms. The Morgan fingerprint density at radius 1 is 0.427 bits per heavy atom. The van der Waals surface area contributed by atoms with Crippen molar-refractivity contribution >= 4 is 86.3 Å². The molecule has 23 heteroatoms. The third-order valence-electron chi connectivity index (χ3n) is 30.4. The number of quaternary nitrogens is 1. The van der Waals surface area contributed by atoms with Crippen LogP contribution in [0.25, 0.3) is 0 Å². The number of carbonyl (C=O) groups is 4. The molecule has 20 aliphatic rings. The zero-order chi connectivity index (χ0) is 69.9. The van der Waals surface area contributed by atoms with E-state index in [9.17, 15) is 60.0 Å². The zero-order valence-electron chi connectivity index (χ0n) is 60.8. The summed E-state index contributed by atoms with van der Waals surface area (Å²) in [7, 11) is 0. The Hall–Kier alpha value is -1.45. The fourth-order valence-corrected chi connectivity index (χ4v) is 25.3. The average Bonchev–Trinajstić information content (AvgIpc) is 1.42. The summed E-state index contributed by atoms with van der Waals surface area (Å²) >= 11 is 2.50. The molecule has 17 atom stereocenters. The van der Waals surface area contributed by atoms with Gasteiger partial charge in [0.25, 0.3) is 0 Å². The third-order valence-corrected chi connectivity index (χ3v) is 30.4. The molecule has 12 fully saturated rings. The van der Waals surface area contributed by atoms with Crippen LogP contribution >= 0.6 is 0 Å². The summed E-state index contributed by atoms with van der Waals surface area (Å²) in [6.45, 7) is 7.94. The number of aliphatic hydroxyl groups is 4. The zero-order valence-corrected chi connectivity index (χ0v) is 69.2. The summed E-state index contributed by atoms with van der Waals surface area (Å²) in [4.78, 5) is 59.8. The molecule has 4 aromatic rings. The second kappa shape index (κ2) is 25.3. The van der Waals surface area contributed by atoms with Crippen LogP contribution in [0.15, 0.2) is 48.5 Å². The van der Waals surface area contributed by atoms with Crippen molar-refractivity contribution in [1.82, 2.24) is 14.7 Å². The van der Waals surface area contributed by atoms with Crippen LogP contribution in [0.1, 0.15) is 174 Å². The van der Waals surface area contributed by atoms with E-state index in [2.05, 4.69) is 14.7 Å². The Bertz CT molecular complexity index is 3770. The van der Waals surface area contributed by atoms with Gasteiger partial charge in [-0.05, 0) is 193 Å². The van der Waals surface area contributed by atoms with E-state index in [-0.39, 0.29) is 123 Å². The van der Waals surface area contributed by atoms with Crippen LogP contribution in [0.3, 0.4) is 0 Å². The molecule has 8 bridgehead atoms. The minimum atomic E-state index is -0.967. The number of piperidine rings is 4. The number of rotatable bonds is 8. The van der Waals surface area contributed by atoms with Crippen LogP contribution in [0.2, 0.25) is 0 Å². The molecular weight excluding hydrogens is 1390 g/mol. The fraction of sp³-hybridized carbons (Fsp3) is 0.650. The number of nitrogens with zero attached hydrogens (tertiary/aromatic N) is 3. The first-order valence-corrected chi connectivity index (χ1v) is 55.3. The van der Waals surface area contributed by atoms with Crippen LogP contribution in [0.4, 0.5) is 0 Å². The molecule has 8 N–H and O–H groups in total. The van der Waals surface area contributed by atoms with Gasteiger partial charge in [0.15, 0.2) is 82.0 Å². The number of ether oxygens (including phenoxy) is 4. The van der Waals surface area contributed by atoms with Gasteiger partial charge in [-0.15, -0.1) is 0 Å². The Labute approximate surface area is 689 Å². The van der Waals surface area contributed by atoms with Gasteiger partial charge in [0.1, 0.15) is 17.4 Å². The molecule has 0 radical (unpaired) electrons. The number of benzene rings is 4. The molecule has 20 nitrogen and oxygen atoms in total. The van der Waals surface area contributed by atoms with Gasteiger partial charge in [0.2, 0.25) is 0 Å². The SMILES string of the molecule is O=C1CCC2(O)C3Cc4ccc(O)c5c4C2(CCN3CC2CC2)C1O5.O=C1CCC2(O)C3Cc4ccc(O)c5c4C2(CCN3CC2CC2)C1O5.O=C1CCC2(O)C3Cc4ccc(O)c5c4C2(CC[NH+]3CC2CC2)C1O5.O=C1CCC2(O)C3Cc4ccc([O-])c5c4C2(CCN3CC2CC2)C1O5.[H-].[K+].[K][K]. The normalized spacial score (nSPS) is 40.8. The Morgan fingerprint density at radius 3 is 1.10 bits per heavy atom. The van der Waals surface area contributed by atoms with Gasteiger partial charge < -0.3 is 66.1 Å². The molecule has 4 saturated heterocycles. The van der Waals surface area contributed by atoms with Gasteiger partial charge in [0, 0.05) is 104 Å². The van der Waals surface area contributed by atoms with Crippen LogP contribution in [-0.2, 0) is 66.5 Å². The van der Waals surface area contributed by atoms with Gasteiger partial charge in [-0.1, -0.05) is 36.1 Å². The topological polar surface area (TPSA) is 284 Å². The quantitative estimate of drug-likeness (QED) is 0.111. The number of likely N-dealkylation sites (tertiary alicyclic amines) is 4. The maximum absolute atomic E-state index is 12.7. The molecule has 0 aromatic heterocycles. The Balaban J connectivity index is 0.0000000974. The number of hydrogen-bond donors (Lipinski definition) is 8. The fourth-order valence-electron chi connectivity index (χ4n) is 25.3. The second-order valence-electron chi connectivity index (χ2n) is 35.0. The van der Waals surface area contributed by atoms with E-state index in [4.69, 9.17) is 18.9 Å². The summed E-state index contributed by atoms with van der Waals surface area (Å²) in [6.07, 6.45) is 17.3. The van der Waals surface area contributed by atoms with E-state index in [1.165, 1.54) is 119 Å². The predicted octanol–water partition coefficient (Wildman–Crippen LogP) is 0.407. The molecule has 24 rings (SSSR count). The molecule has 532 valence electrons. The van der Waals surface area contributed by atoms with E-state index in [1.807, 2.05) is 24.3 Å². The van der Waals surface area contributed by atoms with Crippen LogP contribution in [0.5, 0.6) is 46.0 Å². The molecule has 12 aliphatic carbocycles. The van der Waals surface area contributed by atoms with E-state index in [1.54, 1.807) is 24.3 Å². The molecular formula is C80H93K3N4O16. The average molecular weight is 1480 g/mol. The molecule has 8 aliphatic heterocycles. The molecule has 4 aromatic carbocycles. The summed E-state index contributed by atoms with van der Waals surface area (Å²) < 4.78 is 24.1. The van der Waals surface area contributed by atoms with Crippen molar-refractivity contribution in [1.29, 1.82) is 0 Å². The van der Waals surface area contributed by atoms with Crippen molar-refractivity contribution in [3.05, 3.63) is 93.0 Å². The van der Waals surface area contributed by atoms with Gasteiger partial charge >= 0.3 is 115 Å². The predicted molar refractivity (Wildman–Crippen MR) is 369 cm³/mol. The second-order valence-corrected chi connectivity index (χ2v) is 35.0. The van der Waals surface area contributed by atoms with E-state index in [0.717, 1.165) is 165 Å². The van der Waals surface area contributed by atoms with Crippen molar-refractivity contribution in [2.75, 3.05) is 52.4 Å². The number of nitrogens with one attached hydrogen (secondary N) is 1. The first-order valence-electron chi connectivity index (χ1n) is 39.3. The molecule has 17 unspecified atom stereocenters. The maximum atomic E-state index is 12.7. The van der Waals surface area contributed by atoms with Crippen molar-refractivity contribution in [3.63, 3.8) is 0 Å². The summed E-state index contributed by atoms with van der Waals surface area (Å²) in [5.41, 5.74) is 1.74. The number of carbonyl (C=O) groups excluding carboxylic acids is 4. The van der Waals surface area contributed by atoms with Crippen molar-refractivity contribution in [3.8, 4) is 46.0 Å². The number of hydrogen-bond acceptors (Lipinski definition) is 19. The molecule has 8 heterocycles. The summed E-state index contributed by atoms with van der Waals surface area (Å²) in [5, 5.41) is 91.3. The van der Waals surface area contributed by atoms with Gasteiger partial charge in [-0.2, -0.15) is 0 Å².